The Hall–Kier alpha value is -2.10. The molecule has 1 aliphatic heterocycles. The molecule has 160 valence electrons. The normalized spacial score (nSPS) is 15.9. The maximum atomic E-state index is 12.6. The monoisotopic (exact) mass is 421 g/mol. The maximum absolute atomic E-state index is 12.6. The molecule has 1 saturated heterocycles. The molecule has 0 unspecified atom stereocenters. The van der Waals surface area contributed by atoms with E-state index in [9.17, 15) is 8.42 Å². The summed E-state index contributed by atoms with van der Waals surface area (Å²) in [7, 11) is -0.411. The quantitative estimate of drug-likeness (QED) is 0.680. The topological polar surface area (TPSA) is 70.9 Å². The third-order valence-electron chi connectivity index (χ3n) is 5.27. The molecule has 0 radical (unpaired) electrons. The van der Waals surface area contributed by atoms with Crippen LogP contribution in [0.1, 0.15) is 18.3 Å². The van der Waals surface area contributed by atoms with Crippen LogP contribution in [0.5, 0.6) is 5.75 Å². The van der Waals surface area contributed by atoms with Gasteiger partial charge >= 0.3 is 0 Å². The van der Waals surface area contributed by atoms with Gasteiger partial charge < -0.3 is 9.64 Å². The molecule has 0 saturated carbocycles. The van der Waals surface area contributed by atoms with Gasteiger partial charge in [-0.15, -0.1) is 0 Å². The van der Waals surface area contributed by atoms with Gasteiger partial charge in [0.05, 0.1) is 30.4 Å². The first-order valence-corrected chi connectivity index (χ1v) is 11.3. The van der Waals surface area contributed by atoms with Crippen LogP contribution in [0.15, 0.2) is 29.2 Å². The summed E-state index contributed by atoms with van der Waals surface area (Å²) in [5.74, 6) is 0.917. The van der Waals surface area contributed by atoms with Gasteiger partial charge in [0, 0.05) is 40.3 Å². The summed E-state index contributed by atoms with van der Waals surface area (Å²) < 4.78 is 34.0. The number of piperazine rings is 1. The van der Waals surface area contributed by atoms with Crippen molar-refractivity contribution >= 4 is 15.7 Å². The number of anilines is 1. The van der Waals surface area contributed by atoms with Crippen LogP contribution in [-0.2, 0) is 16.7 Å². The first kappa shape index (κ1) is 21.6. The summed E-state index contributed by atoms with van der Waals surface area (Å²) in [5.41, 5.74) is 2.35. The van der Waals surface area contributed by atoms with Crippen LogP contribution >= 0.6 is 0 Å². The maximum Gasteiger partial charge on any atom is 0.246 e. The summed E-state index contributed by atoms with van der Waals surface area (Å²) in [6.07, 6.45) is 0. The van der Waals surface area contributed by atoms with E-state index in [-0.39, 0.29) is 0 Å². The van der Waals surface area contributed by atoms with Gasteiger partial charge in [-0.05, 0) is 32.9 Å². The van der Waals surface area contributed by atoms with Crippen LogP contribution < -0.4 is 9.64 Å². The number of rotatable bonds is 7. The predicted octanol–water partition coefficient (Wildman–Crippen LogP) is 1.93. The second-order valence-corrected chi connectivity index (χ2v) is 9.52. The van der Waals surface area contributed by atoms with Gasteiger partial charge in [-0.1, -0.05) is 12.1 Å². The summed E-state index contributed by atoms with van der Waals surface area (Å²) in [4.78, 5) is 4.95. The molecule has 9 heteroatoms. The van der Waals surface area contributed by atoms with E-state index in [2.05, 4.69) is 21.0 Å². The van der Waals surface area contributed by atoms with Crippen molar-refractivity contribution in [2.75, 3.05) is 51.8 Å². The number of ether oxygens (including phenoxy) is 1. The molecule has 2 heterocycles. The van der Waals surface area contributed by atoms with Gasteiger partial charge in [0.25, 0.3) is 0 Å². The SMILES string of the molecule is CCOc1ccccc1N1CCN(Cn2nc(C)c(S(=O)(=O)N(C)C)c2C)CC1. The van der Waals surface area contributed by atoms with Crippen molar-refractivity contribution < 1.29 is 13.2 Å². The highest BCUT2D eigenvalue weighted by molar-refractivity contribution is 7.89. The van der Waals surface area contributed by atoms with Crippen LogP contribution in [-0.4, -0.2) is 74.3 Å². The van der Waals surface area contributed by atoms with Crippen molar-refractivity contribution in [2.45, 2.75) is 32.3 Å². The van der Waals surface area contributed by atoms with Crippen LogP contribution in [0.3, 0.4) is 0 Å². The number of sulfonamides is 1. The average molecular weight is 422 g/mol. The Bertz CT molecular complexity index is 947. The Kier molecular flexibility index (Phi) is 6.50. The molecular formula is C20H31N5O3S. The molecule has 1 aromatic heterocycles. The lowest BCUT2D eigenvalue weighted by atomic mass is 10.2. The molecule has 0 N–H and O–H groups in total. The highest BCUT2D eigenvalue weighted by atomic mass is 32.2. The van der Waals surface area contributed by atoms with Gasteiger partial charge in [-0.25, -0.2) is 12.7 Å². The highest BCUT2D eigenvalue weighted by Crippen LogP contribution is 2.29. The molecule has 29 heavy (non-hydrogen) atoms. The molecule has 3 rings (SSSR count). The fourth-order valence-electron chi connectivity index (χ4n) is 3.69. The molecule has 0 bridgehead atoms. The summed E-state index contributed by atoms with van der Waals surface area (Å²) in [6.45, 7) is 10.3. The largest absolute Gasteiger partial charge is 0.492 e. The third kappa shape index (κ3) is 4.41. The second kappa shape index (κ2) is 8.73. The Morgan fingerprint density at radius 2 is 1.76 bits per heavy atom. The van der Waals surface area contributed by atoms with Crippen LogP contribution in [0, 0.1) is 13.8 Å². The second-order valence-electron chi connectivity index (χ2n) is 7.43. The Labute approximate surface area is 173 Å². The van der Waals surface area contributed by atoms with E-state index >= 15 is 0 Å². The third-order valence-corrected chi connectivity index (χ3v) is 7.33. The number of aryl methyl sites for hydroxylation is 1. The molecule has 0 atom stereocenters. The number of benzene rings is 1. The van der Waals surface area contributed by atoms with E-state index in [1.165, 1.54) is 4.31 Å². The van der Waals surface area contributed by atoms with Gasteiger partial charge in [-0.3, -0.25) is 9.58 Å². The Balaban J connectivity index is 1.70. The highest BCUT2D eigenvalue weighted by Gasteiger charge is 2.28. The lowest BCUT2D eigenvalue weighted by Crippen LogP contribution is -2.47. The zero-order valence-electron chi connectivity index (χ0n) is 17.9. The number of nitrogens with zero attached hydrogens (tertiary/aromatic N) is 5. The molecule has 2 aromatic rings. The summed E-state index contributed by atoms with van der Waals surface area (Å²) >= 11 is 0. The number of hydrogen-bond acceptors (Lipinski definition) is 6. The van der Waals surface area contributed by atoms with Gasteiger partial charge in [0.15, 0.2) is 0 Å². The minimum atomic E-state index is -3.50. The fourth-order valence-corrected chi connectivity index (χ4v) is 4.95. The molecule has 0 amide bonds. The van der Waals surface area contributed by atoms with Crippen molar-refractivity contribution in [1.29, 1.82) is 0 Å². The van der Waals surface area contributed by atoms with Gasteiger partial charge in [0.2, 0.25) is 10.0 Å². The summed E-state index contributed by atoms with van der Waals surface area (Å²) in [6, 6.07) is 8.13. The number of aromatic nitrogens is 2. The number of hydrogen-bond donors (Lipinski definition) is 0. The van der Waals surface area contributed by atoms with E-state index in [4.69, 9.17) is 4.74 Å². The van der Waals surface area contributed by atoms with Crippen molar-refractivity contribution in [3.63, 3.8) is 0 Å². The Morgan fingerprint density at radius 1 is 1.10 bits per heavy atom. The van der Waals surface area contributed by atoms with Crippen molar-refractivity contribution in [1.82, 2.24) is 19.0 Å². The molecular weight excluding hydrogens is 390 g/mol. The number of para-hydroxylation sites is 2. The molecule has 1 aliphatic rings. The first-order valence-electron chi connectivity index (χ1n) is 9.91. The van der Waals surface area contributed by atoms with E-state index in [1.54, 1.807) is 25.7 Å². The molecule has 8 nitrogen and oxygen atoms in total. The average Bonchev–Trinajstić information content (AvgIpc) is 2.97. The minimum absolute atomic E-state index is 0.312. The molecule has 1 aromatic carbocycles. The lowest BCUT2D eigenvalue weighted by molar-refractivity contribution is 0.193. The van der Waals surface area contributed by atoms with Crippen molar-refractivity contribution in [3.8, 4) is 5.75 Å². The fraction of sp³-hybridized carbons (Fsp3) is 0.550. The van der Waals surface area contributed by atoms with E-state index < -0.39 is 10.0 Å². The van der Waals surface area contributed by atoms with Crippen LogP contribution in [0.25, 0.3) is 0 Å². The van der Waals surface area contributed by atoms with Crippen LogP contribution in [0.2, 0.25) is 0 Å². The van der Waals surface area contributed by atoms with Gasteiger partial charge in [-0.2, -0.15) is 5.10 Å². The van der Waals surface area contributed by atoms with Gasteiger partial charge in [0.1, 0.15) is 10.6 Å². The van der Waals surface area contributed by atoms with Crippen molar-refractivity contribution in [2.24, 2.45) is 0 Å². The Morgan fingerprint density at radius 3 is 2.38 bits per heavy atom. The van der Waals surface area contributed by atoms with E-state index in [0.29, 0.717) is 29.6 Å². The first-order chi connectivity index (χ1) is 13.8. The molecule has 0 aliphatic carbocycles. The van der Waals surface area contributed by atoms with E-state index in [1.807, 2.05) is 32.0 Å². The van der Waals surface area contributed by atoms with E-state index in [0.717, 1.165) is 37.6 Å². The zero-order chi connectivity index (χ0) is 21.2. The molecule has 0 spiro atoms. The van der Waals surface area contributed by atoms with Crippen molar-refractivity contribution in [3.05, 3.63) is 35.7 Å². The zero-order valence-corrected chi connectivity index (χ0v) is 18.7. The standard InChI is InChI=1S/C20H31N5O3S/c1-6-28-19-10-8-7-9-18(19)24-13-11-23(12-14-24)15-25-17(3)20(16(2)21-25)29(26,27)22(4)5/h7-10H,6,11-15H2,1-5H3. The van der Waals surface area contributed by atoms with Crippen LogP contribution in [0.4, 0.5) is 5.69 Å². The predicted molar refractivity (Wildman–Crippen MR) is 114 cm³/mol. The smallest absolute Gasteiger partial charge is 0.246 e. The lowest BCUT2D eigenvalue weighted by Gasteiger charge is -2.36. The summed E-state index contributed by atoms with van der Waals surface area (Å²) in [5, 5.41) is 4.50. The minimum Gasteiger partial charge on any atom is -0.492 e. The molecule has 1 fully saturated rings.